The third kappa shape index (κ3) is 3.12. The molecule has 6 nitrogen and oxygen atoms in total. The van der Waals surface area contributed by atoms with Gasteiger partial charge in [-0.05, 0) is 30.3 Å². The molecular weight excluding hydrogens is 343 g/mol. The van der Waals surface area contributed by atoms with Gasteiger partial charge in [-0.2, -0.15) is 0 Å². The highest BCUT2D eigenvalue weighted by Crippen LogP contribution is 2.32. The van der Waals surface area contributed by atoms with E-state index in [1.54, 1.807) is 24.3 Å². The number of nitro benzene ring substituents is 1. The summed E-state index contributed by atoms with van der Waals surface area (Å²) in [6.07, 6.45) is 0. The molecule has 1 fully saturated rings. The third-order valence-electron chi connectivity index (χ3n) is 4.31. The minimum atomic E-state index is -0.389. The number of rotatable bonds is 3. The molecule has 0 spiro atoms. The number of nitro groups is 1. The minimum Gasteiger partial charge on any atom is -0.368 e. The molecule has 0 N–H and O–H groups in total. The molecule has 1 aliphatic heterocycles. The topological polar surface area (TPSA) is 62.5 Å². The van der Waals surface area contributed by atoms with E-state index in [-0.39, 0.29) is 16.4 Å². The van der Waals surface area contributed by atoms with E-state index in [0.29, 0.717) is 0 Å². The molecule has 0 saturated carbocycles. The van der Waals surface area contributed by atoms with E-state index < -0.39 is 0 Å². The van der Waals surface area contributed by atoms with Gasteiger partial charge in [0.05, 0.1) is 15.1 Å². The molecule has 128 valence electrons. The smallest absolute Gasteiger partial charge is 0.270 e. The molecule has 1 saturated heterocycles. The van der Waals surface area contributed by atoms with Crippen molar-refractivity contribution in [2.24, 2.45) is 0 Å². The fourth-order valence-electron chi connectivity index (χ4n) is 2.96. The maximum Gasteiger partial charge on any atom is 0.270 e. The summed E-state index contributed by atoms with van der Waals surface area (Å²) in [7, 11) is 0. The van der Waals surface area contributed by atoms with Crippen molar-refractivity contribution < 1.29 is 9.31 Å². The second-order valence-electron chi connectivity index (χ2n) is 5.86. The zero-order valence-corrected chi connectivity index (χ0v) is 14.1. The predicted octanol–water partition coefficient (Wildman–Crippen LogP) is 3.67. The van der Waals surface area contributed by atoms with Gasteiger partial charge >= 0.3 is 0 Å². The molecule has 0 aliphatic carbocycles. The van der Waals surface area contributed by atoms with Crippen LogP contribution in [0.4, 0.5) is 20.9 Å². The molecule has 0 radical (unpaired) electrons. The number of benzene rings is 2. The van der Waals surface area contributed by atoms with E-state index in [0.717, 1.165) is 47.2 Å². The van der Waals surface area contributed by atoms with Crippen molar-refractivity contribution in [1.29, 1.82) is 0 Å². The normalized spacial score (nSPS) is 14.9. The van der Waals surface area contributed by atoms with E-state index in [2.05, 4.69) is 14.8 Å². The van der Waals surface area contributed by atoms with Gasteiger partial charge in [-0.3, -0.25) is 10.1 Å². The van der Waals surface area contributed by atoms with Gasteiger partial charge in [-0.25, -0.2) is 9.37 Å². The number of aromatic nitrogens is 1. The molecule has 2 heterocycles. The predicted molar refractivity (Wildman–Crippen MR) is 97.1 cm³/mol. The Morgan fingerprint density at radius 1 is 1.04 bits per heavy atom. The summed E-state index contributed by atoms with van der Waals surface area (Å²) < 4.78 is 13.9. The fraction of sp³-hybridized carbons (Fsp3) is 0.235. The van der Waals surface area contributed by atoms with Crippen molar-refractivity contribution in [3.63, 3.8) is 0 Å². The van der Waals surface area contributed by atoms with E-state index in [4.69, 9.17) is 0 Å². The maximum atomic E-state index is 13.0. The Morgan fingerprint density at radius 2 is 1.72 bits per heavy atom. The summed E-state index contributed by atoms with van der Waals surface area (Å²) in [5.74, 6) is -0.231. The number of piperazine rings is 1. The highest BCUT2D eigenvalue weighted by Gasteiger charge is 2.20. The van der Waals surface area contributed by atoms with Gasteiger partial charge in [0.15, 0.2) is 5.13 Å². The van der Waals surface area contributed by atoms with Gasteiger partial charge in [0.2, 0.25) is 0 Å². The summed E-state index contributed by atoms with van der Waals surface area (Å²) in [6, 6.07) is 11.3. The van der Waals surface area contributed by atoms with E-state index >= 15 is 0 Å². The van der Waals surface area contributed by atoms with Crippen molar-refractivity contribution >= 4 is 38.1 Å². The summed E-state index contributed by atoms with van der Waals surface area (Å²) >= 11 is 1.48. The summed E-state index contributed by atoms with van der Waals surface area (Å²) in [4.78, 5) is 19.5. The number of hydrogen-bond donors (Lipinski definition) is 0. The van der Waals surface area contributed by atoms with Crippen LogP contribution in [0.15, 0.2) is 42.5 Å². The van der Waals surface area contributed by atoms with E-state index in [9.17, 15) is 14.5 Å². The van der Waals surface area contributed by atoms with Gasteiger partial charge in [0.1, 0.15) is 5.82 Å². The molecule has 0 unspecified atom stereocenters. The van der Waals surface area contributed by atoms with Crippen molar-refractivity contribution in [2.45, 2.75) is 0 Å². The first-order valence-corrected chi connectivity index (χ1v) is 8.72. The van der Waals surface area contributed by atoms with Crippen molar-refractivity contribution in [3.05, 3.63) is 58.4 Å². The molecule has 2 aromatic carbocycles. The minimum absolute atomic E-state index is 0.0869. The summed E-state index contributed by atoms with van der Waals surface area (Å²) in [5, 5.41) is 11.8. The van der Waals surface area contributed by atoms with Crippen LogP contribution >= 0.6 is 11.3 Å². The second kappa shape index (κ2) is 6.29. The lowest BCUT2D eigenvalue weighted by Gasteiger charge is -2.35. The van der Waals surface area contributed by atoms with Crippen molar-refractivity contribution in [2.75, 3.05) is 36.0 Å². The molecule has 25 heavy (non-hydrogen) atoms. The zero-order chi connectivity index (χ0) is 17.4. The Balaban J connectivity index is 1.49. The Labute approximate surface area is 147 Å². The second-order valence-corrected chi connectivity index (χ2v) is 6.87. The highest BCUT2D eigenvalue weighted by atomic mass is 32.1. The van der Waals surface area contributed by atoms with Crippen molar-refractivity contribution in [3.8, 4) is 0 Å². The Bertz CT molecular complexity index is 920. The molecule has 0 bridgehead atoms. The lowest BCUT2D eigenvalue weighted by Crippen LogP contribution is -2.46. The number of nitrogens with zero attached hydrogens (tertiary/aromatic N) is 4. The number of thiazole rings is 1. The zero-order valence-electron chi connectivity index (χ0n) is 13.3. The maximum absolute atomic E-state index is 13.0. The number of non-ortho nitro benzene ring substituents is 1. The van der Waals surface area contributed by atoms with Crippen LogP contribution in [0.25, 0.3) is 10.2 Å². The van der Waals surface area contributed by atoms with Crippen LogP contribution < -0.4 is 9.80 Å². The molecule has 3 aromatic rings. The Hall–Kier alpha value is -2.74. The Morgan fingerprint density at radius 3 is 2.40 bits per heavy atom. The van der Waals surface area contributed by atoms with Crippen LogP contribution in [0, 0.1) is 15.9 Å². The average molecular weight is 358 g/mol. The fourth-order valence-corrected chi connectivity index (χ4v) is 4.01. The van der Waals surface area contributed by atoms with Crippen LogP contribution in [0.5, 0.6) is 0 Å². The van der Waals surface area contributed by atoms with Gasteiger partial charge < -0.3 is 9.80 Å². The van der Waals surface area contributed by atoms with Crippen LogP contribution in [0.3, 0.4) is 0 Å². The number of hydrogen-bond acceptors (Lipinski definition) is 6. The molecule has 1 aliphatic rings. The van der Waals surface area contributed by atoms with Gasteiger partial charge in [0, 0.05) is 44.0 Å². The van der Waals surface area contributed by atoms with Crippen LogP contribution in [-0.4, -0.2) is 36.1 Å². The first kappa shape index (κ1) is 15.8. The molecule has 0 amide bonds. The van der Waals surface area contributed by atoms with Crippen molar-refractivity contribution in [1.82, 2.24) is 4.98 Å². The van der Waals surface area contributed by atoms with E-state index in [1.165, 1.54) is 29.5 Å². The van der Waals surface area contributed by atoms with Gasteiger partial charge in [-0.15, -0.1) is 0 Å². The quantitative estimate of drug-likeness (QED) is 0.528. The van der Waals surface area contributed by atoms with Crippen LogP contribution in [0.2, 0.25) is 0 Å². The number of fused-ring (bicyclic) bond motifs is 1. The van der Waals surface area contributed by atoms with Crippen LogP contribution in [-0.2, 0) is 0 Å². The lowest BCUT2D eigenvalue weighted by molar-refractivity contribution is -0.384. The molecule has 0 atom stereocenters. The van der Waals surface area contributed by atoms with Crippen LogP contribution in [0.1, 0.15) is 0 Å². The van der Waals surface area contributed by atoms with E-state index in [1.807, 2.05) is 0 Å². The monoisotopic (exact) mass is 358 g/mol. The first-order chi connectivity index (χ1) is 12.1. The first-order valence-electron chi connectivity index (χ1n) is 7.90. The lowest BCUT2D eigenvalue weighted by atomic mass is 10.2. The molecule has 4 rings (SSSR count). The molecule has 8 heteroatoms. The molecular formula is C17H15FN4O2S. The summed E-state index contributed by atoms with van der Waals surface area (Å²) in [6.45, 7) is 3.25. The average Bonchev–Trinajstić information content (AvgIpc) is 3.05. The SMILES string of the molecule is O=[N+]([O-])c1ccc2nc(N3CCN(c4ccc(F)cc4)CC3)sc2c1. The standard InChI is InChI=1S/C17H15FN4O2S/c18-12-1-3-13(4-2-12)20-7-9-21(10-8-20)17-19-15-6-5-14(22(23)24)11-16(15)25-17/h1-6,11H,7-10H2. The number of anilines is 2. The Kier molecular flexibility index (Phi) is 3.96. The highest BCUT2D eigenvalue weighted by molar-refractivity contribution is 7.22. The van der Waals surface area contributed by atoms with Gasteiger partial charge in [0.25, 0.3) is 5.69 Å². The largest absolute Gasteiger partial charge is 0.368 e. The summed E-state index contributed by atoms with van der Waals surface area (Å²) in [5.41, 5.74) is 1.89. The third-order valence-corrected chi connectivity index (χ3v) is 5.39. The molecule has 1 aromatic heterocycles. The number of halogens is 1. The van der Waals surface area contributed by atoms with Gasteiger partial charge in [-0.1, -0.05) is 11.3 Å².